The number of nitrogens with one attached hydrogen (secondary N) is 2. The van der Waals surface area contributed by atoms with Crippen LogP contribution in [-0.4, -0.2) is 24.5 Å². The van der Waals surface area contributed by atoms with Crippen molar-refractivity contribution >= 4 is 17.3 Å². The molecule has 118 valence electrons. The van der Waals surface area contributed by atoms with Gasteiger partial charge in [-0.15, -0.1) is 11.3 Å². The molecule has 1 aromatic heterocycles. The van der Waals surface area contributed by atoms with E-state index >= 15 is 0 Å². The molecule has 0 saturated carbocycles. The molecule has 22 heavy (non-hydrogen) atoms. The van der Waals surface area contributed by atoms with E-state index in [9.17, 15) is 0 Å². The number of nitrogens with zero attached hydrogens (tertiary/aromatic N) is 2. The second-order valence-corrected chi connectivity index (χ2v) is 6.36. The molecule has 5 heteroatoms. The van der Waals surface area contributed by atoms with Gasteiger partial charge in [0.2, 0.25) is 0 Å². The lowest BCUT2D eigenvalue weighted by Crippen LogP contribution is -2.37. The summed E-state index contributed by atoms with van der Waals surface area (Å²) >= 11 is 1.79. The van der Waals surface area contributed by atoms with E-state index in [4.69, 9.17) is 0 Å². The lowest BCUT2D eigenvalue weighted by Gasteiger charge is -2.11. The Balaban J connectivity index is 1.74. The van der Waals surface area contributed by atoms with Crippen LogP contribution in [0.25, 0.3) is 0 Å². The van der Waals surface area contributed by atoms with Crippen LogP contribution in [0.4, 0.5) is 0 Å². The van der Waals surface area contributed by atoms with Crippen molar-refractivity contribution in [3.63, 3.8) is 0 Å². The lowest BCUT2D eigenvalue weighted by atomic mass is 10.1. The summed E-state index contributed by atoms with van der Waals surface area (Å²) in [6.07, 6.45) is 3.96. The maximum absolute atomic E-state index is 4.43. The molecule has 1 heterocycles. The van der Waals surface area contributed by atoms with Gasteiger partial charge in [0.05, 0.1) is 5.01 Å². The first-order valence-electron chi connectivity index (χ1n) is 7.65. The highest BCUT2D eigenvalue weighted by molar-refractivity contribution is 7.11. The van der Waals surface area contributed by atoms with Crippen LogP contribution in [-0.2, 0) is 19.4 Å². The van der Waals surface area contributed by atoms with Gasteiger partial charge in [0.25, 0.3) is 0 Å². The Morgan fingerprint density at radius 1 is 1.23 bits per heavy atom. The van der Waals surface area contributed by atoms with Crippen LogP contribution in [0.3, 0.4) is 0 Å². The van der Waals surface area contributed by atoms with Crippen molar-refractivity contribution in [3.05, 3.63) is 51.5 Å². The van der Waals surface area contributed by atoms with Crippen molar-refractivity contribution in [3.8, 4) is 0 Å². The highest BCUT2D eigenvalue weighted by Crippen LogP contribution is 2.13. The SMILES string of the molecule is CCc1cnc(CCNC(=NC)NCc2ccc(C)cc2)s1. The maximum atomic E-state index is 4.43. The summed E-state index contributed by atoms with van der Waals surface area (Å²) in [6.45, 7) is 5.87. The Kier molecular flexibility index (Phi) is 6.40. The minimum atomic E-state index is 0.775. The van der Waals surface area contributed by atoms with E-state index in [2.05, 4.69) is 58.7 Å². The molecule has 0 amide bonds. The van der Waals surface area contributed by atoms with Gasteiger partial charge in [-0.3, -0.25) is 4.99 Å². The smallest absolute Gasteiger partial charge is 0.191 e. The van der Waals surface area contributed by atoms with Crippen molar-refractivity contribution in [2.75, 3.05) is 13.6 Å². The summed E-state index contributed by atoms with van der Waals surface area (Å²) in [7, 11) is 1.79. The standard InChI is InChI=1S/C17H24N4S/c1-4-15-12-20-16(22-15)9-10-19-17(18-3)21-11-14-7-5-13(2)6-8-14/h5-8,12H,4,9-11H2,1-3H3,(H2,18,19,21). The van der Waals surface area contributed by atoms with E-state index < -0.39 is 0 Å². The van der Waals surface area contributed by atoms with Gasteiger partial charge < -0.3 is 10.6 Å². The second-order valence-electron chi connectivity index (χ2n) is 5.16. The average molecular weight is 316 g/mol. The van der Waals surface area contributed by atoms with Gasteiger partial charge in [0, 0.05) is 37.6 Å². The van der Waals surface area contributed by atoms with Crippen LogP contribution in [0.1, 0.15) is 27.9 Å². The minimum absolute atomic E-state index is 0.775. The van der Waals surface area contributed by atoms with Crippen LogP contribution >= 0.6 is 11.3 Å². The summed E-state index contributed by atoms with van der Waals surface area (Å²) in [4.78, 5) is 10.0. The molecule has 0 saturated heterocycles. The topological polar surface area (TPSA) is 49.3 Å². The van der Waals surface area contributed by atoms with Gasteiger partial charge in [-0.05, 0) is 18.9 Å². The minimum Gasteiger partial charge on any atom is -0.356 e. The molecule has 0 atom stereocenters. The first kappa shape index (κ1) is 16.5. The lowest BCUT2D eigenvalue weighted by molar-refractivity contribution is 0.792. The quantitative estimate of drug-likeness (QED) is 0.636. The van der Waals surface area contributed by atoms with Gasteiger partial charge in [-0.1, -0.05) is 36.8 Å². The fourth-order valence-electron chi connectivity index (χ4n) is 2.03. The largest absolute Gasteiger partial charge is 0.356 e. The number of benzene rings is 1. The van der Waals surface area contributed by atoms with E-state index in [1.165, 1.54) is 21.0 Å². The molecule has 1 aromatic carbocycles. The first-order valence-corrected chi connectivity index (χ1v) is 8.46. The number of aryl methyl sites for hydroxylation is 2. The number of aromatic nitrogens is 1. The number of hydrogen-bond donors (Lipinski definition) is 2. The Bertz CT molecular complexity index is 601. The Morgan fingerprint density at radius 2 is 2.00 bits per heavy atom. The molecule has 0 bridgehead atoms. The van der Waals surface area contributed by atoms with E-state index in [-0.39, 0.29) is 0 Å². The fraction of sp³-hybridized carbons (Fsp3) is 0.412. The van der Waals surface area contributed by atoms with Gasteiger partial charge in [0.1, 0.15) is 0 Å². The molecular weight excluding hydrogens is 292 g/mol. The molecule has 0 aliphatic rings. The Morgan fingerprint density at radius 3 is 2.64 bits per heavy atom. The molecule has 0 radical (unpaired) electrons. The van der Waals surface area contributed by atoms with Crippen LogP contribution < -0.4 is 10.6 Å². The van der Waals surface area contributed by atoms with Crippen molar-refractivity contribution in [2.24, 2.45) is 4.99 Å². The first-order chi connectivity index (χ1) is 10.7. The zero-order valence-electron chi connectivity index (χ0n) is 13.5. The molecule has 0 aliphatic heterocycles. The Hall–Kier alpha value is -1.88. The van der Waals surface area contributed by atoms with E-state index in [0.29, 0.717) is 0 Å². The number of rotatable bonds is 6. The van der Waals surface area contributed by atoms with Crippen molar-refractivity contribution < 1.29 is 0 Å². The van der Waals surface area contributed by atoms with Gasteiger partial charge >= 0.3 is 0 Å². The van der Waals surface area contributed by atoms with E-state index in [0.717, 1.165) is 31.9 Å². The maximum Gasteiger partial charge on any atom is 0.191 e. The molecular formula is C17H24N4S. The Labute approximate surface area is 136 Å². The third-order valence-corrected chi connectivity index (χ3v) is 4.59. The highest BCUT2D eigenvalue weighted by Gasteiger charge is 2.02. The molecule has 0 unspecified atom stereocenters. The molecule has 2 aromatic rings. The molecule has 0 fully saturated rings. The summed E-state index contributed by atoms with van der Waals surface area (Å²) < 4.78 is 0. The van der Waals surface area contributed by atoms with Gasteiger partial charge in [-0.25, -0.2) is 4.98 Å². The summed E-state index contributed by atoms with van der Waals surface area (Å²) in [5, 5.41) is 7.84. The van der Waals surface area contributed by atoms with Crippen molar-refractivity contribution in [2.45, 2.75) is 33.2 Å². The predicted molar refractivity (Wildman–Crippen MR) is 94.6 cm³/mol. The van der Waals surface area contributed by atoms with Crippen LogP contribution in [0.5, 0.6) is 0 Å². The summed E-state index contributed by atoms with van der Waals surface area (Å²) in [5.74, 6) is 0.827. The summed E-state index contributed by atoms with van der Waals surface area (Å²) in [6, 6.07) is 8.52. The molecule has 2 rings (SSSR count). The zero-order chi connectivity index (χ0) is 15.8. The fourth-order valence-corrected chi connectivity index (χ4v) is 2.89. The second kappa shape index (κ2) is 8.54. The molecule has 2 N–H and O–H groups in total. The van der Waals surface area contributed by atoms with Gasteiger partial charge in [-0.2, -0.15) is 0 Å². The average Bonchev–Trinajstić information content (AvgIpc) is 3.00. The van der Waals surface area contributed by atoms with Gasteiger partial charge in [0.15, 0.2) is 5.96 Å². The van der Waals surface area contributed by atoms with Crippen LogP contribution in [0.15, 0.2) is 35.5 Å². The summed E-state index contributed by atoms with van der Waals surface area (Å²) in [5.41, 5.74) is 2.53. The number of guanidine groups is 1. The number of thiazole rings is 1. The molecule has 4 nitrogen and oxygen atoms in total. The van der Waals surface area contributed by atoms with Crippen LogP contribution in [0, 0.1) is 6.92 Å². The number of hydrogen-bond acceptors (Lipinski definition) is 3. The van der Waals surface area contributed by atoms with Crippen molar-refractivity contribution in [1.82, 2.24) is 15.6 Å². The molecule has 0 spiro atoms. The monoisotopic (exact) mass is 316 g/mol. The van der Waals surface area contributed by atoms with E-state index in [1.54, 1.807) is 18.4 Å². The third-order valence-electron chi connectivity index (χ3n) is 3.39. The highest BCUT2D eigenvalue weighted by atomic mass is 32.1. The molecule has 0 aliphatic carbocycles. The predicted octanol–water partition coefficient (Wildman–Crippen LogP) is 2.92. The zero-order valence-corrected chi connectivity index (χ0v) is 14.3. The third kappa shape index (κ3) is 5.15. The normalized spacial score (nSPS) is 11.5. The number of aliphatic imine (C=N–C) groups is 1. The van der Waals surface area contributed by atoms with E-state index in [1.807, 2.05) is 6.20 Å². The van der Waals surface area contributed by atoms with Crippen molar-refractivity contribution in [1.29, 1.82) is 0 Å². The van der Waals surface area contributed by atoms with Crippen LogP contribution in [0.2, 0.25) is 0 Å².